The summed E-state index contributed by atoms with van der Waals surface area (Å²) < 4.78 is 5.39. The van der Waals surface area contributed by atoms with Gasteiger partial charge in [-0.15, -0.1) is 0 Å². The number of nitrogens with zero attached hydrogens (tertiary/aromatic N) is 3. The summed E-state index contributed by atoms with van der Waals surface area (Å²) in [6.45, 7) is 0.769. The van der Waals surface area contributed by atoms with Gasteiger partial charge in [0.15, 0.2) is 5.69 Å². The molecule has 2 aromatic rings. The molecular weight excluding hydrogens is 268 g/mol. The maximum Gasteiger partial charge on any atom is 0.276 e. The van der Waals surface area contributed by atoms with Crippen LogP contribution in [0.1, 0.15) is 28.9 Å². The minimum Gasteiger partial charge on any atom is -0.496 e. The quantitative estimate of drug-likeness (QED) is 0.928. The van der Waals surface area contributed by atoms with Gasteiger partial charge in [0.1, 0.15) is 5.75 Å². The SMILES string of the molecule is COc1ccccc1CC1CCCN1C(=O)c1cn[nH]n1. The van der Waals surface area contributed by atoms with Gasteiger partial charge >= 0.3 is 0 Å². The Kier molecular flexibility index (Phi) is 3.85. The van der Waals surface area contributed by atoms with Crippen LogP contribution in [-0.4, -0.2) is 45.9 Å². The van der Waals surface area contributed by atoms with Crippen LogP contribution in [0.2, 0.25) is 0 Å². The lowest BCUT2D eigenvalue weighted by Crippen LogP contribution is -2.37. The number of ether oxygens (including phenoxy) is 1. The molecule has 3 rings (SSSR count). The fourth-order valence-electron chi connectivity index (χ4n) is 2.89. The van der Waals surface area contributed by atoms with E-state index < -0.39 is 0 Å². The summed E-state index contributed by atoms with van der Waals surface area (Å²) in [4.78, 5) is 14.3. The molecule has 1 saturated heterocycles. The number of rotatable bonds is 4. The third-order valence-electron chi connectivity index (χ3n) is 3.92. The Morgan fingerprint density at radius 1 is 1.48 bits per heavy atom. The van der Waals surface area contributed by atoms with Crippen LogP contribution in [0.5, 0.6) is 5.75 Å². The lowest BCUT2D eigenvalue weighted by atomic mass is 10.0. The second kappa shape index (κ2) is 5.95. The smallest absolute Gasteiger partial charge is 0.276 e. The van der Waals surface area contributed by atoms with Gasteiger partial charge in [0.25, 0.3) is 5.91 Å². The number of hydrogen-bond donors (Lipinski definition) is 1. The summed E-state index contributed by atoms with van der Waals surface area (Å²) in [5.41, 5.74) is 1.51. The van der Waals surface area contributed by atoms with Crippen molar-refractivity contribution in [1.82, 2.24) is 20.3 Å². The Balaban J connectivity index is 1.77. The standard InChI is InChI=1S/C15H18N4O2/c1-21-14-7-3-2-5-11(14)9-12-6-4-8-19(12)15(20)13-10-16-18-17-13/h2-3,5,7,10,12H,4,6,8-9H2,1H3,(H,16,17,18). The molecule has 0 radical (unpaired) electrons. The number of likely N-dealkylation sites (tertiary alicyclic amines) is 1. The molecule has 1 amide bonds. The monoisotopic (exact) mass is 286 g/mol. The summed E-state index contributed by atoms with van der Waals surface area (Å²) in [6.07, 6.45) is 4.29. The van der Waals surface area contributed by atoms with E-state index in [9.17, 15) is 4.79 Å². The van der Waals surface area contributed by atoms with Crippen LogP contribution < -0.4 is 4.74 Å². The first-order chi connectivity index (χ1) is 10.3. The molecule has 1 fully saturated rings. The van der Waals surface area contributed by atoms with E-state index in [2.05, 4.69) is 21.5 Å². The van der Waals surface area contributed by atoms with Crippen LogP contribution in [0.25, 0.3) is 0 Å². The average molecular weight is 286 g/mol. The Morgan fingerprint density at radius 2 is 2.33 bits per heavy atom. The molecule has 1 aromatic carbocycles. The molecule has 6 nitrogen and oxygen atoms in total. The molecule has 2 heterocycles. The first-order valence-corrected chi connectivity index (χ1v) is 7.08. The fraction of sp³-hybridized carbons (Fsp3) is 0.400. The number of hydrogen-bond acceptors (Lipinski definition) is 4. The highest BCUT2D eigenvalue weighted by Crippen LogP contribution is 2.26. The summed E-state index contributed by atoms with van der Waals surface area (Å²) in [7, 11) is 1.67. The number of aromatic amines is 1. The van der Waals surface area contributed by atoms with Gasteiger partial charge in [-0.1, -0.05) is 18.2 Å². The molecule has 0 bridgehead atoms. The van der Waals surface area contributed by atoms with E-state index in [1.54, 1.807) is 7.11 Å². The molecule has 1 aliphatic rings. The fourth-order valence-corrected chi connectivity index (χ4v) is 2.89. The molecule has 0 spiro atoms. The van der Waals surface area contributed by atoms with Crippen molar-refractivity contribution in [1.29, 1.82) is 0 Å². The van der Waals surface area contributed by atoms with Gasteiger partial charge in [0, 0.05) is 12.6 Å². The minimum absolute atomic E-state index is 0.0545. The zero-order valence-corrected chi connectivity index (χ0v) is 12.0. The molecule has 21 heavy (non-hydrogen) atoms. The van der Waals surface area contributed by atoms with Crippen molar-refractivity contribution in [2.24, 2.45) is 0 Å². The molecule has 1 aromatic heterocycles. The van der Waals surface area contributed by atoms with E-state index in [-0.39, 0.29) is 11.9 Å². The zero-order chi connectivity index (χ0) is 14.7. The van der Waals surface area contributed by atoms with Crippen LogP contribution in [0, 0.1) is 0 Å². The normalized spacial score (nSPS) is 18.0. The van der Waals surface area contributed by atoms with Gasteiger partial charge in [-0.25, -0.2) is 0 Å². The Labute approximate surface area is 123 Å². The molecular formula is C15H18N4O2. The number of H-pyrrole nitrogens is 1. The molecule has 110 valence electrons. The van der Waals surface area contributed by atoms with Crippen molar-refractivity contribution in [3.63, 3.8) is 0 Å². The van der Waals surface area contributed by atoms with Crippen molar-refractivity contribution in [3.8, 4) is 5.75 Å². The maximum absolute atomic E-state index is 12.4. The van der Waals surface area contributed by atoms with E-state index in [0.717, 1.165) is 37.1 Å². The van der Waals surface area contributed by atoms with E-state index in [1.165, 1.54) is 6.20 Å². The Bertz CT molecular complexity index is 612. The molecule has 1 aliphatic heterocycles. The largest absolute Gasteiger partial charge is 0.496 e. The van der Waals surface area contributed by atoms with Gasteiger partial charge in [-0.3, -0.25) is 4.79 Å². The topological polar surface area (TPSA) is 71.1 Å². The summed E-state index contributed by atoms with van der Waals surface area (Å²) >= 11 is 0. The minimum atomic E-state index is -0.0545. The van der Waals surface area contributed by atoms with Gasteiger partial charge < -0.3 is 9.64 Å². The number of nitrogens with one attached hydrogen (secondary N) is 1. The zero-order valence-electron chi connectivity index (χ0n) is 12.0. The van der Waals surface area contributed by atoms with Crippen molar-refractivity contribution >= 4 is 5.91 Å². The highest BCUT2D eigenvalue weighted by atomic mass is 16.5. The second-order valence-corrected chi connectivity index (χ2v) is 5.17. The average Bonchev–Trinajstić information content (AvgIpc) is 3.18. The highest BCUT2D eigenvalue weighted by molar-refractivity contribution is 5.92. The Hall–Kier alpha value is -2.37. The lowest BCUT2D eigenvalue weighted by Gasteiger charge is -2.24. The molecule has 1 atom stereocenters. The van der Waals surface area contributed by atoms with E-state index in [1.807, 2.05) is 23.1 Å². The van der Waals surface area contributed by atoms with Crippen molar-refractivity contribution in [2.75, 3.05) is 13.7 Å². The predicted octanol–water partition coefficient (Wildman–Crippen LogP) is 1.66. The van der Waals surface area contributed by atoms with Crippen LogP contribution in [-0.2, 0) is 6.42 Å². The molecule has 0 saturated carbocycles. The molecule has 1 unspecified atom stereocenters. The Morgan fingerprint density at radius 3 is 3.10 bits per heavy atom. The van der Waals surface area contributed by atoms with Gasteiger partial charge in [0.05, 0.1) is 13.3 Å². The van der Waals surface area contributed by atoms with Crippen LogP contribution in [0.15, 0.2) is 30.5 Å². The maximum atomic E-state index is 12.4. The first kappa shape index (κ1) is 13.6. The summed E-state index contributed by atoms with van der Waals surface area (Å²) in [5.74, 6) is 0.819. The van der Waals surface area contributed by atoms with E-state index in [0.29, 0.717) is 5.69 Å². The third kappa shape index (κ3) is 2.74. The van der Waals surface area contributed by atoms with Crippen LogP contribution >= 0.6 is 0 Å². The van der Waals surface area contributed by atoms with Crippen LogP contribution in [0.4, 0.5) is 0 Å². The van der Waals surface area contributed by atoms with Crippen molar-refractivity contribution in [3.05, 3.63) is 41.7 Å². The number of carbonyl (C=O) groups excluding carboxylic acids is 1. The number of carbonyl (C=O) groups is 1. The molecule has 1 N–H and O–H groups in total. The summed E-state index contributed by atoms with van der Waals surface area (Å²) in [5, 5.41) is 10.1. The van der Waals surface area contributed by atoms with E-state index in [4.69, 9.17) is 4.74 Å². The first-order valence-electron chi connectivity index (χ1n) is 7.08. The number of para-hydroxylation sites is 1. The van der Waals surface area contributed by atoms with Crippen molar-refractivity contribution in [2.45, 2.75) is 25.3 Å². The molecule has 0 aliphatic carbocycles. The van der Waals surface area contributed by atoms with Gasteiger partial charge in [0.2, 0.25) is 0 Å². The number of benzene rings is 1. The highest BCUT2D eigenvalue weighted by Gasteiger charge is 2.31. The summed E-state index contributed by atoms with van der Waals surface area (Å²) in [6, 6.07) is 8.14. The van der Waals surface area contributed by atoms with Crippen LogP contribution in [0.3, 0.4) is 0 Å². The van der Waals surface area contributed by atoms with Gasteiger partial charge in [-0.05, 0) is 30.9 Å². The predicted molar refractivity (Wildman–Crippen MR) is 77.1 cm³/mol. The second-order valence-electron chi connectivity index (χ2n) is 5.17. The van der Waals surface area contributed by atoms with E-state index >= 15 is 0 Å². The number of methoxy groups -OCH3 is 1. The third-order valence-corrected chi connectivity index (χ3v) is 3.92. The number of amides is 1. The lowest BCUT2D eigenvalue weighted by molar-refractivity contribution is 0.0730. The molecule has 6 heteroatoms. The van der Waals surface area contributed by atoms with Gasteiger partial charge in [-0.2, -0.15) is 15.4 Å². The number of aromatic nitrogens is 3. The van der Waals surface area contributed by atoms with Crippen molar-refractivity contribution < 1.29 is 9.53 Å².